The molecule has 0 aromatic carbocycles. The van der Waals surface area contributed by atoms with E-state index in [1.165, 1.54) is 0 Å². The van der Waals surface area contributed by atoms with Gasteiger partial charge in [-0.05, 0) is 65.3 Å². The van der Waals surface area contributed by atoms with Crippen LogP contribution < -0.4 is 16.8 Å². The summed E-state index contributed by atoms with van der Waals surface area (Å²) in [6, 6.07) is -1.52. The predicted octanol–water partition coefficient (Wildman–Crippen LogP) is 1.03. The Bertz CT molecular complexity index is 2280. The third-order valence-electron chi connectivity index (χ3n) is 16.7. The van der Waals surface area contributed by atoms with Gasteiger partial charge in [0.25, 0.3) is 0 Å². The molecule has 20 atom stereocenters. The summed E-state index contributed by atoms with van der Waals surface area (Å²) in [5.41, 5.74) is 11.5. The number of aliphatic carboxylic acids is 1. The average molecular weight is 1230 g/mol. The van der Waals surface area contributed by atoms with Gasteiger partial charge in [-0.15, -0.1) is 0 Å². The van der Waals surface area contributed by atoms with Crippen LogP contribution in [0.1, 0.15) is 124 Å². The van der Waals surface area contributed by atoms with Gasteiger partial charge in [0.1, 0.15) is 18.1 Å². The fourth-order valence-electron chi connectivity index (χ4n) is 11.3. The Hall–Kier alpha value is -4.58. The lowest BCUT2D eigenvalue weighted by molar-refractivity contribution is -0.312. The Morgan fingerprint density at radius 1 is 0.690 bits per heavy atom. The second-order valence-electron chi connectivity index (χ2n) is 23.9. The molecule has 4 rings (SSSR count). The van der Waals surface area contributed by atoms with Crippen molar-refractivity contribution in [3.63, 3.8) is 0 Å². The number of cyclic esters (lactones) is 1. The topological polar surface area (TPSA) is 398 Å². The number of aliphatic hydroxyl groups is 10. The number of aliphatic hydroxyl groups excluding tert-OH is 9. The molecule has 0 spiro atoms. The first-order chi connectivity index (χ1) is 41.3. The van der Waals surface area contributed by atoms with Crippen LogP contribution in [-0.4, -0.2) is 233 Å². The minimum Gasteiger partial charge on any atom is -0.481 e. The molecular weight excluding hydrogens is 1130 g/mol. The summed E-state index contributed by atoms with van der Waals surface area (Å²) in [6.45, 7) is 9.06. The van der Waals surface area contributed by atoms with Gasteiger partial charge in [-0.1, -0.05) is 112 Å². The zero-order valence-electron chi connectivity index (χ0n) is 51.1. The van der Waals surface area contributed by atoms with E-state index in [0.717, 1.165) is 19.3 Å². The number of nitrogens with zero attached hydrogens (tertiary/aromatic N) is 2. The van der Waals surface area contributed by atoms with E-state index in [9.17, 15) is 75.3 Å². The number of piperazine rings is 1. The number of unbranched alkanes of at least 4 members (excludes halogenated alkanes) is 3. The highest BCUT2D eigenvalue weighted by molar-refractivity contribution is 5.81. The maximum Gasteiger partial charge on any atom is 0.311 e. The molecule has 494 valence electrons. The second kappa shape index (κ2) is 38.9. The number of hydrogen-bond acceptors (Lipinski definition) is 21. The van der Waals surface area contributed by atoms with Gasteiger partial charge in [-0.3, -0.25) is 24.1 Å². The minimum absolute atomic E-state index is 0.0417. The van der Waals surface area contributed by atoms with Crippen molar-refractivity contribution >= 4 is 23.8 Å². The quantitative estimate of drug-likeness (QED) is 0.0804. The minimum atomic E-state index is -2.38. The number of nitrogens with two attached hydrogens (primary N) is 2. The van der Waals surface area contributed by atoms with E-state index in [1.807, 2.05) is 30.1 Å². The van der Waals surface area contributed by atoms with E-state index in [-0.39, 0.29) is 43.4 Å². The number of carboxylic acids is 1. The SMILES string of the molecule is C[C@@H]1[C@H](O)[C@@H](C)/C=C/C=C/C=C/C=C/C=C/C=C/C=C/[C@H](O[C@@H]2O[C@H](C)[C@@H](O)[C@H](N3CCN(C(=O)CCCCCNC(=O)C(N)CCCCN)CC3)[C@@H]2O)C[C@@H]2O[C@](O)(C[C@@H](O)C[C@@H](O)[C@H](O)CC[C@@H](O)C[C@@H](O)CC(=O)O[C@H]1C)C[C@H](O)[C@H]2C(=O)O. The van der Waals surface area contributed by atoms with Crippen molar-refractivity contribution in [1.29, 1.82) is 0 Å². The molecular formula is C63H103N5O19. The molecule has 0 saturated carbocycles. The second-order valence-corrected chi connectivity index (χ2v) is 23.9. The highest BCUT2D eigenvalue weighted by atomic mass is 16.7. The summed E-state index contributed by atoms with van der Waals surface area (Å²) in [5.74, 6) is -7.24. The molecule has 4 aliphatic rings. The number of fused-ring (bicyclic) bond motifs is 2. The van der Waals surface area contributed by atoms with Crippen molar-refractivity contribution < 1.29 is 94.3 Å². The number of rotatable bonds is 15. The van der Waals surface area contributed by atoms with Gasteiger partial charge < -0.3 is 96.8 Å². The summed E-state index contributed by atoms with van der Waals surface area (Å²) >= 11 is 0. The largest absolute Gasteiger partial charge is 0.481 e. The molecule has 3 fully saturated rings. The van der Waals surface area contributed by atoms with E-state index >= 15 is 0 Å². The molecule has 0 aliphatic carbocycles. The van der Waals surface area contributed by atoms with Crippen molar-refractivity contribution in [2.45, 2.75) is 228 Å². The van der Waals surface area contributed by atoms with Crippen LogP contribution in [0.4, 0.5) is 0 Å². The third kappa shape index (κ3) is 26.0. The lowest BCUT2D eigenvalue weighted by Gasteiger charge is -2.49. The third-order valence-corrected chi connectivity index (χ3v) is 16.7. The number of carbonyl (C=O) groups is 4. The van der Waals surface area contributed by atoms with Crippen molar-refractivity contribution in [1.82, 2.24) is 15.1 Å². The van der Waals surface area contributed by atoms with E-state index in [2.05, 4.69) is 5.32 Å². The maximum absolute atomic E-state index is 13.3. The van der Waals surface area contributed by atoms with Gasteiger partial charge in [0.2, 0.25) is 11.8 Å². The first-order valence-electron chi connectivity index (χ1n) is 31.0. The highest BCUT2D eigenvalue weighted by Crippen LogP contribution is 2.39. The van der Waals surface area contributed by atoms with Gasteiger partial charge in [0.05, 0.1) is 85.6 Å². The van der Waals surface area contributed by atoms with Crippen LogP contribution in [0.3, 0.4) is 0 Å². The lowest BCUT2D eigenvalue weighted by atomic mass is 9.82. The molecule has 1 unspecified atom stereocenters. The lowest BCUT2D eigenvalue weighted by Crippen LogP contribution is -2.66. The zero-order valence-corrected chi connectivity index (χ0v) is 51.1. The summed E-state index contributed by atoms with van der Waals surface area (Å²) in [7, 11) is 0. The Morgan fingerprint density at radius 3 is 1.93 bits per heavy atom. The molecule has 4 aliphatic heterocycles. The Morgan fingerprint density at radius 2 is 1.31 bits per heavy atom. The van der Waals surface area contributed by atoms with Gasteiger partial charge in [0, 0.05) is 76.7 Å². The molecule has 0 aromatic rings. The number of carbonyl (C=O) groups excluding carboxylic acids is 3. The summed E-state index contributed by atoms with van der Waals surface area (Å²) in [6.07, 6.45) is 7.46. The van der Waals surface area contributed by atoms with Crippen LogP contribution in [0, 0.1) is 17.8 Å². The summed E-state index contributed by atoms with van der Waals surface area (Å²) in [5, 5.41) is 125. The Kier molecular flexibility index (Phi) is 33.4. The van der Waals surface area contributed by atoms with Crippen molar-refractivity contribution in [3.8, 4) is 0 Å². The number of amides is 2. The molecule has 0 radical (unpaired) electrons. The fourth-order valence-corrected chi connectivity index (χ4v) is 11.3. The number of nitrogens with one attached hydrogen (secondary N) is 1. The summed E-state index contributed by atoms with van der Waals surface area (Å²) < 4.78 is 24.1. The molecule has 24 heteroatoms. The first kappa shape index (κ1) is 74.9. The van der Waals surface area contributed by atoms with Crippen molar-refractivity contribution in [2.75, 3.05) is 39.3 Å². The Labute approximate surface area is 512 Å². The van der Waals surface area contributed by atoms with Crippen LogP contribution in [0.25, 0.3) is 0 Å². The summed E-state index contributed by atoms with van der Waals surface area (Å²) in [4.78, 5) is 54.7. The molecule has 24 nitrogen and oxygen atoms in total. The van der Waals surface area contributed by atoms with E-state index in [1.54, 1.807) is 92.5 Å². The zero-order chi connectivity index (χ0) is 64.2. The monoisotopic (exact) mass is 1230 g/mol. The van der Waals surface area contributed by atoms with Gasteiger partial charge in [0.15, 0.2) is 12.1 Å². The van der Waals surface area contributed by atoms with Gasteiger partial charge in [-0.25, -0.2) is 0 Å². The standard InChI is InChI=1S/C63H103N5O19/c1-40-22-16-13-11-9-7-5-6-8-10-12-14-17-23-47(86-62-59(79)56(58(78)43(4)85-62)68-32-30-67(31-33-68)53(75)25-18-15-21-29-66-60(80)48(65)24-19-20-28-64)37-52-55(61(81)82)51(74)39-63(83,87-52)38-46(71)35-50(73)49(72)27-26-44(69)34-45(70)36-54(76)84-42(3)41(2)57(40)77/h5-14,16-17,22-23,40-52,55-59,62,69-74,77-79,83H,15,18-21,24-39,64-65H2,1-4H3,(H,66,80)(H,81,82)/b6-5+,9-7+,10-8+,13-11+,14-12+,22-16+,23-17+/t40-,41-,42-,43+,44+,45+,46-,47-,48?,49+,50+,51-,52-,55+,56-,57+,58+,59-,62-,63+/m0/s1. The fraction of sp³-hybridized carbons (Fsp3) is 0.714. The number of carboxylic acid groups (broad SMARTS) is 1. The molecule has 2 amide bonds. The smallest absolute Gasteiger partial charge is 0.311 e. The maximum atomic E-state index is 13.3. The molecule has 2 bridgehead atoms. The molecule has 0 aromatic heterocycles. The molecule has 87 heavy (non-hydrogen) atoms. The van der Waals surface area contributed by atoms with Crippen molar-refractivity contribution in [2.24, 2.45) is 29.2 Å². The number of allylic oxidation sites excluding steroid dienone is 12. The van der Waals surface area contributed by atoms with E-state index < -0.39 is 153 Å². The molecule has 3 saturated heterocycles. The number of ether oxygens (including phenoxy) is 4. The number of hydrogen-bond donors (Lipinski definition) is 14. The molecule has 4 heterocycles. The normalized spacial score (nSPS) is 38.6. The predicted molar refractivity (Wildman–Crippen MR) is 323 cm³/mol. The highest BCUT2D eigenvalue weighted by Gasteiger charge is 2.52. The van der Waals surface area contributed by atoms with Crippen LogP contribution in [0.2, 0.25) is 0 Å². The average Bonchev–Trinajstić information content (AvgIpc) is 2.25. The van der Waals surface area contributed by atoms with E-state index in [0.29, 0.717) is 65.0 Å². The molecule has 16 N–H and O–H groups in total. The van der Waals surface area contributed by atoms with Crippen LogP contribution in [-0.2, 0) is 38.1 Å². The van der Waals surface area contributed by atoms with Gasteiger partial charge in [-0.2, -0.15) is 0 Å². The van der Waals surface area contributed by atoms with Crippen LogP contribution >= 0.6 is 0 Å². The van der Waals surface area contributed by atoms with Crippen LogP contribution in [0.5, 0.6) is 0 Å². The van der Waals surface area contributed by atoms with Crippen LogP contribution in [0.15, 0.2) is 85.1 Å². The van der Waals surface area contributed by atoms with E-state index in [4.69, 9.17) is 30.4 Å². The first-order valence-corrected chi connectivity index (χ1v) is 31.0. The van der Waals surface area contributed by atoms with Gasteiger partial charge >= 0.3 is 11.9 Å². The number of esters is 1. The van der Waals surface area contributed by atoms with Crippen molar-refractivity contribution in [3.05, 3.63) is 85.1 Å². The Balaban J connectivity index is 1.50.